The molecule has 1 N–H and O–H groups in total. The van der Waals surface area contributed by atoms with Gasteiger partial charge in [0.15, 0.2) is 0 Å². The second-order valence-electron chi connectivity index (χ2n) is 4.86. The van der Waals surface area contributed by atoms with Crippen LogP contribution in [0.25, 0.3) is 0 Å². The number of anilines is 2. The van der Waals surface area contributed by atoms with E-state index in [4.69, 9.17) is 0 Å². The first-order valence-electron chi connectivity index (χ1n) is 6.95. The van der Waals surface area contributed by atoms with E-state index in [1.807, 2.05) is 41.4 Å². The normalized spacial score (nSPS) is 14.3. The number of aryl methyl sites for hydroxylation is 1. The maximum atomic E-state index is 12.5. The highest BCUT2D eigenvalue weighted by molar-refractivity contribution is 5.96. The van der Waals surface area contributed by atoms with Crippen LogP contribution in [0.4, 0.5) is 11.4 Å². The van der Waals surface area contributed by atoms with E-state index in [2.05, 4.69) is 10.4 Å². The fraction of sp³-hybridized carbons (Fsp3) is 0.333. The summed E-state index contributed by atoms with van der Waals surface area (Å²) in [7, 11) is 0. The molecule has 1 aliphatic rings. The van der Waals surface area contributed by atoms with Gasteiger partial charge >= 0.3 is 0 Å². The quantitative estimate of drug-likeness (QED) is 0.929. The van der Waals surface area contributed by atoms with Gasteiger partial charge in [-0.3, -0.25) is 9.48 Å². The van der Waals surface area contributed by atoms with E-state index >= 15 is 0 Å². The Bertz CT molecular complexity index is 579. The fourth-order valence-corrected chi connectivity index (χ4v) is 2.48. The molecule has 2 heterocycles. The van der Waals surface area contributed by atoms with Gasteiger partial charge in [-0.05, 0) is 24.6 Å². The van der Waals surface area contributed by atoms with Gasteiger partial charge < -0.3 is 10.2 Å². The van der Waals surface area contributed by atoms with Gasteiger partial charge in [0.2, 0.25) is 5.91 Å². The molecule has 0 aliphatic carbocycles. The molecule has 1 amide bonds. The monoisotopic (exact) mass is 270 g/mol. The topological polar surface area (TPSA) is 50.2 Å². The lowest BCUT2D eigenvalue weighted by Gasteiger charge is -2.22. The molecule has 5 heteroatoms. The number of para-hydroxylation sites is 2. The Balaban J connectivity index is 1.73. The molecule has 1 aromatic carbocycles. The molecule has 5 nitrogen and oxygen atoms in total. The number of hydrogen-bond acceptors (Lipinski definition) is 3. The van der Waals surface area contributed by atoms with Gasteiger partial charge in [-0.25, -0.2) is 0 Å². The van der Waals surface area contributed by atoms with Crippen molar-refractivity contribution in [3.05, 3.63) is 42.7 Å². The van der Waals surface area contributed by atoms with Crippen LogP contribution in [0.3, 0.4) is 0 Å². The Kier molecular flexibility index (Phi) is 3.67. The van der Waals surface area contributed by atoms with Crippen molar-refractivity contribution < 1.29 is 4.79 Å². The van der Waals surface area contributed by atoms with Crippen LogP contribution < -0.4 is 10.2 Å². The van der Waals surface area contributed by atoms with Crippen LogP contribution in [0.1, 0.15) is 12.8 Å². The maximum absolute atomic E-state index is 12.5. The van der Waals surface area contributed by atoms with Crippen molar-refractivity contribution in [2.24, 2.45) is 0 Å². The lowest BCUT2D eigenvalue weighted by atomic mass is 10.2. The summed E-state index contributed by atoms with van der Waals surface area (Å²) in [6.07, 6.45) is 5.04. The predicted molar refractivity (Wildman–Crippen MR) is 78.7 cm³/mol. The lowest BCUT2D eigenvalue weighted by molar-refractivity contribution is -0.118. The molecular formula is C15H18N4O. The number of hydrogen-bond donors (Lipinski definition) is 1. The van der Waals surface area contributed by atoms with Crippen LogP contribution >= 0.6 is 0 Å². The van der Waals surface area contributed by atoms with Crippen molar-refractivity contribution in [1.29, 1.82) is 0 Å². The Labute approximate surface area is 118 Å². The molecule has 0 spiro atoms. The molecule has 1 aliphatic heterocycles. The highest BCUT2D eigenvalue weighted by atomic mass is 16.2. The van der Waals surface area contributed by atoms with Crippen LogP contribution in [-0.4, -0.2) is 28.8 Å². The first kappa shape index (κ1) is 12.7. The Hall–Kier alpha value is -2.30. The highest BCUT2D eigenvalue weighted by Crippen LogP contribution is 2.28. The molecule has 0 atom stereocenters. The van der Waals surface area contributed by atoms with Gasteiger partial charge in [0, 0.05) is 38.4 Å². The molecule has 1 aromatic heterocycles. The molecule has 20 heavy (non-hydrogen) atoms. The van der Waals surface area contributed by atoms with E-state index < -0.39 is 0 Å². The maximum Gasteiger partial charge on any atom is 0.228 e. The third-order valence-electron chi connectivity index (χ3n) is 3.48. The zero-order valence-electron chi connectivity index (χ0n) is 11.3. The Morgan fingerprint density at radius 1 is 1.30 bits per heavy atom. The van der Waals surface area contributed by atoms with E-state index in [1.54, 1.807) is 10.9 Å². The summed E-state index contributed by atoms with van der Waals surface area (Å²) in [5, 5.41) is 7.50. The number of amides is 1. The molecule has 0 saturated heterocycles. The molecule has 0 unspecified atom stereocenters. The number of rotatable bonds is 3. The molecule has 0 bridgehead atoms. The predicted octanol–water partition coefficient (Wildman–Crippen LogP) is 2.12. The van der Waals surface area contributed by atoms with Crippen molar-refractivity contribution >= 4 is 17.3 Å². The number of nitrogens with zero attached hydrogens (tertiary/aromatic N) is 3. The minimum Gasteiger partial charge on any atom is -0.383 e. The summed E-state index contributed by atoms with van der Waals surface area (Å²) in [6.45, 7) is 2.29. The first-order valence-corrected chi connectivity index (χ1v) is 6.95. The summed E-state index contributed by atoms with van der Waals surface area (Å²) in [5.41, 5.74) is 2.02. The third kappa shape index (κ3) is 2.66. The molecule has 0 radical (unpaired) electrons. The summed E-state index contributed by atoms with van der Waals surface area (Å²) >= 11 is 0. The smallest absolute Gasteiger partial charge is 0.228 e. The van der Waals surface area contributed by atoms with Crippen molar-refractivity contribution in [3.8, 4) is 0 Å². The van der Waals surface area contributed by atoms with Crippen molar-refractivity contribution in [1.82, 2.24) is 9.78 Å². The summed E-state index contributed by atoms with van der Waals surface area (Å²) < 4.78 is 1.79. The second-order valence-corrected chi connectivity index (χ2v) is 4.86. The molecule has 3 rings (SSSR count). The van der Waals surface area contributed by atoms with E-state index in [0.717, 1.165) is 30.9 Å². The Morgan fingerprint density at radius 3 is 3.05 bits per heavy atom. The molecule has 104 valence electrons. The van der Waals surface area contributed by atoms with Crippen molar-refractivity contribution in [3.63, 3.8) is 0 Å². The third-order valence-corrected chi connectivity index (χ3v) is 3.48. The number of nitrogens with one attached hydrogen (secondary N) is 1. The molecule has 2 aromatic rings. The van der Waals surface area contributed by atoms with Crippen LogP contribution in [0.2, 0.25) is 0 Å². The van der Waals surface area contributed by atoms with E-state index in [1.165, 1.54) is 0 Å². The SMILES string of the molecule is O=C(CCn1cccn1)N1CCCNc2ccccc21. The van der Waals surface area contributed by atoms with Crippen LogP contribution in [0, 0.1) is 0 Å². The van der Waals surface area contributed by atoms with Crippen LogP contribution in [-0.2, 0) is 11.3 Å². The number of benzene rings is 1. The molecule has 0 fully saturated rings. The lowest BCUT2D eigenvalue weighted by Crippen LogP contribution is -2.32. The second kappa shape index (κ2) is 5.77. The van der Waals surface area contributed by atoms with E-state index in [-0.39, 0.29) is 5.91 Å². The van der Waals surface area contributed by atoms with Crippen LogP contribution in [0.15, 0.2) is 42.7 Å². The zero-order valence-corrected chi connectivity index (χ0v) is 11.3. The molecule has 0 saturated carbocycles. The number of fused-ring (bicyclic) bond motifs is 1. The minimum absolute atomic E-state index is 0.150. The van der Waals surface area contributed by atoms with Gasteiger partial charge in [-0.2, -0.15) is 5.10 Å². The zero-order chi connectivity index (χ0) is 13.8. The highest BCUT2D eigenvalue weighted by Gasteiger charge is 2.20. The Morgan fingerprint density at radius 2 is 2.20 bits per heavy atom. The largest absolute Gasteiger partial charge is 0.383 e. The minimum atomic E-state index is 0.150. The number of carbonyl (C=O) groups is 1. The van der Waals surface area contributed by atoms with Gasteiger partial charge in [0.1, 0.15) is 0 Å². The number of aromatic nitrogens is 2. The average molecular weight is 270 g/mol. The van der Waals surface area contributed by atoms with Gasteiger partial charge in [0.25, 0.3) is 0 Å². The van der Waals surface area contributed by atoms with Crippen LogP contribution in [0.5, 0.6) is 0 Å². The van der Waals surface area contributed by atoms with Gasteiger partial charge in [0.05, 0.1) is 11.4 Å². The van der Waals surface area contributed by atoms with Crippen molar-refractivity contribution in [2.75, 3.05) is 23.3 Å². The summed E-state index contributed by atoms with van der Waals surface area (Å²) in [6, 6.07) is 9.85. The average Bonchev–Trinajstić information content (AvgIpc) is 2.90. The van der Waals surface area contributed by atoms with E-state index in [9.17, 15) is 4.79 Å². The van der Waals surface area contributed by atoms with E-state index in [0.29, 0.717) is 13.0 Å². The van der Waals surface area contributed by atoms with Gasteiger partial charge in [-0.15, -0.1) is 0 Å². The summed E-state index contributed by atoms with van der Waals surface area (Å²) in [4.78, 5) is 14.4. The standard InChI is InChI=1S/C15H18N4O/c20-15(7-12-18-10-4-9-17-18)19-11-3-8-16-13-5-1-2-6-14(13)19/h1-2,4-6,9-10,16H,3,7-8,11-12H2. The summed E-state index contributed by atoms with van der Waals surface area (Å²) in [5.74, 6) is 0.150. The molecular weight excluding hydrogens is 252 g/mol. The fourth-order valence-electron chi connectivity index (χ4n) is 2.48. The number of carbonyl (C=O) groups excluding carboxylic acids is 1. The first-order chi connectivity index (χ1) is 9.84. The van der Waals surface area contributed by atoms with Crippen molar-refractivity contribution in [2.45, 2.75) is 19.4 Å². The van der Waals surface area contributed by atoms with Gasteiger partial charge in [-0.1, -0.05) is 12.1 Å².